The number of rotatable bonds is 3. The largest absolute Gasteiger partial charge is 0.496 e. The van der Waals surface area contributed by atoms with E-state index in [2.05, 4.69) is 5.32 Å². The van der Waals surface area contributed by atoms with Gasteiger partial charge < -0.3 is 10.1 Å². The highest BCUT2D eigenvalue weighted by molar-refractivity contribution is 6.30. The Labute approximate surface area is 173 Å². The standard InChI is InChI=1S/C22H19ClN4O2/c1-29-18-8-3-2-5-15(18)20-19-16(6-4-7-17(19)28)24-22-25-21(26-27(20)22)13-9-11-14(23)12-10-13/h2-3,5,8-12,20H,4,6-7H2,1H3,(H,24,25,26). The van der Waals surface area contributed by atoms with E-state index in [9.17, 15) is 4.79 Å². The van der Waals surface area contributed by atoms with Crippen LogP contribution in [0.5, 0.6) is 5.75 Å². The van der Waals surface area contributed by atoms with E-state index < -0.39 is 0 Å². The number of nitrogens with one attached hydrogen (secondary N) is 1. The van der Waals surface area contributed by atoms with Gasteiger partial charge in [-0.25, -0.2) is 4.68 Å². The molecular weight excluding hydrogens is 388 g/mol. The molecule has 0 bridgehead atoms. The van der Waals surface area contributed by atoms with E-state index in [-0.39, 0.29) is 11.8 Å². The molecule has 0 spiro atoms. The van der Waals surface area contributed by atoms with Gasteiger partial charge in [0.15, 0.2) is 11.6 Å². The molecule has 1 aliphatic carbocycles. The van der Waals surface area contributed by atoms with Gasteiger partial charge in [0.25, 0.3) is 0 Å². The van der Waals surface area contributed by atoms with Crippen LogP contribution in [0.1, 0.15) is 30.9 Å². The van der Waals surface area contributed by atoms with Crippen LogP contribution in [0.3, 0.4) is 0 Å². The third-order valence-electron chi connectivity index (χ3n) is 5.40. The molecule has 2 aliphatic rings. The molecule has 3 aromatic rings. The SMILES string of the molecule is COc1ccccc1C1C2=C(CCCC2=O)Nc2nc(-c3ccc(Cl)cc3)nn21. The molecule has 7 heteroatoms. The minimum absolute atomic E-state index is 0.142. The van der Waals surface area contributed by atoms with Gasteiger partial charge in [0.1, 0.15) is 11.8 Å². The van der Waals surface area contributed by atoms with E-state index in [0.717, 1.165) is 41.0 Å². The number of fused-ring (bicyclic) bond motifs is 1. The lowest BCUT2D eigenvalue weighted by molar-refractivity contribution is -0.116. The minimum atomic E-state index is -0.376. The molecule has 1 atom stereocenters. The monoisotopic (exact) mass is 406 g/mol. The number of nitrogens with zero attached hydrogens (tertiary/aromatic N) is 3. The number of halogens is 1. The lowest BCUT2D eigenvalue weighted by atomic mass is 9.85. The summed E-state index contributed by atoms with van der Waals surface area (Å²) in [6.07, 6.45) is 2.19. The molecule has 5 rings (SSSR count). The van der Waals surface area contributed by atoms with Crippen LogP contribution in [0.25, 0.3) is 11.4 Å². The molecule has 29 heavy (non-hydrogen) atoms. The third-order valence-corrected chi connectivity index (χ3v) is 5.66. The predicted octanol–water partition coefficient (Wildman–Crippen LogP) is 4.63. The number of carbonyl (C=O) groups is 1. The van der Waals surface area contributed by atoms with Crippen molar-refractivity contribution < 1.29 is 9.53 Å². The molecule has 146 valence electrons. The Morgan fingerprint density at radius 3 is 2.72 bits per heavy atom. The maximum absolute atomic E-state index is 12.9. The van der Waals surface area contributed by atoms with E-state index in [4.69, 9.17) is 26.4 Å². The van der Waals surface area contributed by atoms with Gasteiger partial charge in [0, 0.05) is 33.8 Å². The van der Waals surface area contributed by atoms with Crippen LogP contribution >= 0.6 is 11.6 Å². The lowest BCUT2D eigenvalue weighted by Gasteiger charge is -2.32. The van der Waals surface area contributed by atoms with E-state index in [1.165, 1.54) is 0 Å². The van der Waals surface area contributed by atoms with E-state index in [1.54, 1.807) is 11.8 Å². The van der Waals surface area contributed by atoms with Crippen LogP contribution in [0.15, 0.2) is 59.8 Å². The van der Waals surface area contributed by atoms with Crippen molar-refractivity contribution in [2.24, 2.45) is 0 Å². The number of anilines is 1. The summed E-state index contributed by atoms with van der Waals surface area (Å²) in [7, 11) is 1.64. The van der Waals surface area contributed by atoms with Gasteiger partial charge in [-0.1, -0.05) is 29.8 Å². The first kappa shape index (κ1) is 17.9. The number of aromatic nitrogens is 3. The second-order valence-corrected chi connectivity index (χ2v) is 7.59. The number of hydrogen-bond acceptors (Lipinski definition) is 5. The summed E-state index contributed by atoms with van der Waals surface area (Å²) in [5, 5.41) is 8.77. The average molecular weight is 407 g/mol. The fourth-order valence-electron chi connectivity index (χ4n) is 4.06. The van der Waals surface area contributed by atoms with Crippen molar-refractivity contribution >= 4 is 23.3 Å². The van der Waals surface area contributed by atoms with E-state index in [1.807, 2.05) is 48.5 Å². The van der Waals surface area contributed by atoms with Crippen LogP contribution in [0, 0.1) is 0 Å². The average Bonchev–Trinajstić information content (AvgIpc) is 3.16. The molecule has 0 radical (unpaired) electrons. The number of hydrogen-bond donors (Lipinski definition) is 1. The highest BCUT2D eigenvalue weighted by atomic mass is 35.5. The molecule has 2 aromatic carbocycles. The number of para-hydroxylation sites is 1. The first-order chi connectivity index (χ1) is 14.2. The third kappa shape index (κ3) is 3.00. The van der Waals surface area contributed by atoms with Gasteiger partial charge in [-0.3, -0.25) is 4.79 Å². The smallest absolute Gasteiger partial charge is 0.226 e. The van der Waals surface area contributed by atoms with Gasteiger partial charge in [0.2, 0.25) is 5.95 Å². The van der Waals surface area contributed by atoms with Crippen LogP contribution in [0.4, 0.5) is 5.95 Å². The highest BCUT2D eigenvalue weighted by Crippen LogP contribution is 2.43. The highest BCUT2D eigenvalue weighted by Gasteiger charge is 2.38. The van der Waals surface area contributed by atoms with Crippen molar-refractivity contribution in [3.8, 4) is 17.1 Å². The summed E-state index contributed by atoms with van der Waals surface area (Å²) in [4.78, 5) is 17.6. The Kier molecular flexibility index (Phi) is 4.36. The Bertz CT molecular complexity index is 1130. The molecule has 1 aliphatic heterocycles. The van der Waals surface area contributed by atoms with Gasteiger partial charge in [-0.2, -0.15) is 4.98 Å². The summed E-state index contributed by atoms with van der Waals surface area (Å²) in [6.45, 7) is 0. The summed E-state index contributed by atoms with van der Waals surface area (Å²) in [5.74, 6) is 2.07. The van der Waals surface area contributed by atoms with Gasteiger partial charge >= 0.3 is 0 Å². The Morgan fingerprint density at radius 1 is 1.14 bits per heavy atom. The van der Waals surface area contributed by atoms with E-state index in [0.29, 0.717) is 23.2 Å². The van der Waals surface area contributed by atoms with Gasteiger partial charge in [0.05, 0.1) is 7.11 Å². The van der Waals surface area contributed by atoms with Crippen LogP contribution in [0.2, 0.25) is 5.02 Å². The number of Topliss-reactive ketones (excluding diaryl/α,β-unsaturated/α-hetero) is 1. The predicted molar refractivity (Wildman–Crippen MR) is 111 cm³/mol. The molecule has 0 saturated heterocycles. The molecule has 0 fully saturated rings. The van der Waals surface area contributed by atoms with Crippen molar-refractivity contribution in [2.45, 2.75) is 25.3 Å². The fraction of sp³-hybridized carbons (Fsp3) is 0.227. The maximum atomic E-state index is 12.9. The quantitative estimate of drug-likeness (QED) is 0.686. The maximum Gasteiger partial charge on any atom is 0.226 e. The summed E-state index contributed by atoms with van der Waals surface area (Å²) < 4.78 is 7.40. The van der Waals surface area contributed by atoms with Crippen molar-refractivity contribution in [1.82, 2.24) is 14.8 Å². The molecule has 1 unspecified atom stereocenters. The first-order valence-corrected chi connectivity index (χ1v) is 9.92. The summed E-state index contributed by atoms with van der Waals surface area (Å²) >= 11 is 6.02. The number of benzene rings is 2. The first-order valence-electron chi connectivity index (χ1n) is 9.54. The molecule has 2 heterocycles. The second-order valence-electron chi connectivity index (χ2n) is 7.15. The van der Waals surface area contributed by atoms with Crippen molar-refractivity contribution in [1.29, 1.82) is 0 Å². The Balaban J connectivity index is 1.70. The zero-order valence-electron chi connectivity index (χ0n) is 15.9. The zero-order valence-corrected chi connectivity index (χ0v) is 16.6. The second kappa shape index (κ2) is 7.04. The number of carbonyl (C=O) groups excluding carboxylic acids is 1. The van der Waals surface area contributed by atoms with Crippen LogP contribution < -0.4 is 10.1 Å². The fourth-order valence-corrected chi connectivity index (χ4v) is 4.18. The number of ketones is 1. The van der Waals surface area contributed by atoms with Crippen molar-refractivity contribution in [3.05, 3.63) is 70.4 Å². The van der Waals surface area contributed by atoms with Crippen molar-refractivity contribution in [2.75, 3.05) is 12.4 Å². The molecule has 6 nitrogen and oxygen atoms in total. The summed E-state index contributed by atoms with van der Waals surface area (Å²) in [6, 6.07) is 14.8. The number of methoxy groups -OCH3 is 1. The van der Waals surface area contributed by atoms with Crippen molar-refractivity contribution in [3.63, 3.8) is 0 Å². The molecule has 1 N–H and O–H groups in total. The lowest BCUT2D eigenvalue weighted by Crippen LogP contribution is -2.31. The summed E-state index contributed by atoms with van der Waals surface area (Å²) in [5.41, 5.74) is 3.44. The Morgan fingerprint density at radius 2 is 1.93 bits per heavy atom. The van der Waals surface area contributed by atoms with Crippen LogP contribution in [-0.4, -0.2) is 27.7 Å². The minimum Gasteiger partial charge on any atom is -0.496 e. The van der Waals surface area contributed by atoms with Gasteiger partial charge in [-0.05, 0) is 43.2 Å². The molecule has 0 amide bonds. The normalized spacial score (nSPS) is 18.1. The number of allylic oxidation sites excluding steroid dienone is 2. The zero-order chi connectivity index (χ0) is 20.0. The molecule has 1 aromatic heterocycles. The molecule has 0 saturated carbocycles. The number of ether oxygens (including phenoxy) is 1. The molecular formula is C22H19ClN4O2. The van der Waals surface area contributed by atoms with Crippen LogP contribution in [-0.2, 0) is 4.79 Å². The topological polar surface area (TPSA) is 69.0 Å². The Hall–Kier alpha value is -3.12. The van der Waals surface area contributed by atoms with E-state index >= 15 is 0 Å². The van der Waals surface area contributed by atoms with Gasteiger partial charge in [-0.15, -0.1) is 5.10 Å².